The van der Waals surface area contributed by atoms with Crippen LogP contribution in [0.4, 0.5) is 0 Å². The third-order valence-corrected chi connectivity index (χ3v) is 3.71. The summed E-state index contributed by atoms with van der Waals surface area (Å²) in [6.45, 7) is 0. The lowest BCUT2D eigenvalue weighted by Gasteiger charge is -2.02. The molecule has 7 heteroatoms. The number of thiocarbonyl (C=S) groups is 1. The summed E-state index contributed by atoms with van der Waals surface area (Å²) in [5, 5.41) is 0. The summed E-state index contributed by atoms with van der Waals surface area (Å²) in [6, 6.07) is 11.0. The van der Waals surface area contributed by atoms with Crippen molar-refractivity contribution in [3.8, 4) is 0 Å². The molecule has 1 aromatic heterocycles. The van der Waals surface area contributed by atoms with E-state index in [2.05, 4.69) is 0 Å². The van der Waals surface area contributed by atoms with Crippen molar-refractivity contribution in [2.45, 2.75) is 4.90 Å². The van der Waals surface area contributed by atoms with E-state index in [4.69, 9.17) is 22.2 Å². The molecular weight excluding hydrogens is 284 g/mol. The van der Waals surface area contributed by atoms with Gasteiger partial charge in [-0.25, -0.2) is 0 Å². The topological polar surface area (TPSA) is 73.3 Å². The fourth-order valence-electron chi connectivity index (χ4n) is 1.39. The Morgan fingerprint density at radius 1 is 1.16 bits per heavy atom. The lowest BCUT2D eigenvalue weighted by molar-refractivity contribution is -0.856. The second-order valence-corrected chi connectivity index (χ2v) is 5.62. The normalized spacial score (nSPS) is 10.9. The van der Waals surface area contributed by atoms with Crippen molar-refractivity contribution in [2.24, 2.45) is 5.73 Å². The maximum Gasteiger partial charge on any atom is 0.396 e. The van der Waals surface area contributed by atoms with Crippen molar-refractivity contribution >= 4 is 27.3 Å². The summed E-state index contributed by atoms with van der Waals surface area (Å²) in [4.78, 5) is 0.124. The molecule has 0 bridgehead atoms. The van der Waals surface area contributed by atoms with Crippen LogP contribution >= 0.6 is 12.2 Å². The summed E-state index contributed by atoms with van der Waals surface area (Å²) in [6.07, 6.45) is 2.96. The first-order chi connectivity index (χ1) is 8.99. The monoisotopic (exact) mass is 295 g/mol. The van der Waals surface area contributed by atoms with Crippen LogP contribution in [0.15, 0.2) is 59.8 Å². The van der Waals surface area contributed by atoms with E-state index in [0.29, 0.717) is 5.56 Å². The lowest BCUT2D eigenvalue weighted by atomic mass is 10.2. The number of nitrogens with two attached hydrogens (primary N) is 1. The number of pyridine rings is 1. The Labute approximate surface area is 116 Å². The van der Waals surface area contributed by atoms with Crippen LogP contribution in [0.1, 0.15) is 5.56 Å². The van der Waals surface area contributed by atoms with Gasteiger partial charge in [0.2, 0.25) is 12.4 Å². The Morgan fingerprint density at radius 3 is 2.47 bits per heavy atom. The predicted molar refractivity (Wildman–Crippen MR) is 72.7 cm³/mol. The summed E-state index contributed by atoms with van der Waals surface area (Å²) < 4.78 is 30.1. The van der Waals surface area contributed by atoms with Crippen molar-refractivity contribution < 1.29 is 17.4 Å². The standard InChI is InChI=1S/C12H10N2O3S2/c13-12(18)10-5-4-6-11(9-10)19(15,16)17-14-7-2-1-3-8-14/h1-9H,(H-,13,18)/p+1. The van der Waals surface area contributed by atoms with Gasteiger partial charge >= 0.3 is 10.1 Å². The minimum Gasteiger partial charge on any atom is -0.389 e. The van der Waals surface area contributed by atoms with E-state index in [1.807, 2.05) is 0 Å². The maximum absolute atomic E-state index is 12.0. The van der Waals surface area contributed by atoms with Gasteiger partial charge in [0.25, 0.3) is 0 Å². The average Bonchev–Trinajstić information content (AvgIpc) is 2.39. The number of aromatic nitrogens is 1. The fourth-order valence-corrected chi connectivity index (χ4v) is 2.45. The molecule has 0 atom stereocenters. The van der Waals surface area contributed by atoms with Gasteiger partial charge in [-0.05, 0) is 12.1 Å². The Balaban J connectivity index is 2.35. The first kappa shape index (κ1) is 13.4. The molecule has 0 spiro atoms. The summed E-state index contributed by atoms with van der Waals surface area (Å²) in [7, 11) is -3.92. The Kier molecular flexibility index (Phi) is 3.77. The Morgan fingerprint density at radius 2 is 1.84 bits per heavy atom. The molecule has 1 aromatic carbocycles. The van der Waals surface area contributed by atoms with E-state index in [9.17, 15) is 8.42 Å². The van der Waals surface area contributed by atoms with Crippen molar-refractivity contribution in [1.82, 2.24) is 0 Å². The molecule has 2 aromatic rings. The molecule has 0 aliphatic rings. The van der Waals surface area contributed by atoms with Crippen LogP contribution in [0.25, 0.3) is 0 Å². The zero-order valence-electron chi connectivity index (χ0n) is 9.76. The molecule has 0 aliphatic carbocycles. The van der Waals surface area contributed by atoms with Crippen LogP contribution in [-0.4, -0.2) is 13.4 Å². The van der Waals surface area contributed by atoms with E-state index in [1.165, 1.54) is 24.5 Å². The van der Waals surface area contributed by atoms with Gasteiger partial charge in [0, 0.05) is 22.4 Å². The van der Waals surface area contributed by atoms with E-state index in [1.54, 1.807) is 30.3 Å². The molecule has 0 aliphatic heterocycles. The number of rotatable bonds is 4. The summed E-state index contributed by atoms with van der Waals surface area (Å²) in [5.74, 6) is 0. The molecule has 0 amide bonds. The van der Waals surface area contributed by atoms with Gasteiger partial charge in [-0.1, -0.05) is 30.4 Å². The van der Waals surface area contributed by atoms with Gasteiger partial charge < -0.3 is 5.73 Å². The highest BCUT2D eigenvalue weighted by atomic mass is 32.2. The smallest absolute Gasteiger partial charge is 0.389 e. The van der Waals surface area contributed by atoms with Gasteiger partial charge in [0.05, 0.1) is 0 Å². The second-order valence-electron chi connectivity index (χ2n) is 3.66. The molecule has 1 heterocycles. The van der Waals surface area contributed by atoms with E-state index in [-0.39, 0.29) is 9.88 Å². The first-order valence-corrected chi connectivity index (χ1v) is 7.12. The highest BCUT2D eigenvalue weighted by molar-refractivity contribution is 7.86. The van der Waals surface area contributed by atoms with Crippen molar-refractivity contribution in [3.63, 3.8) is 0 Å². The third-order valence-electron chi connectivity index (χ3n) is 2.28. The SMILES string of the molecule is NC(=S)c1cccc(S(=O)(=O)O[n+]2ccccc2)c1. The van der Waals surface area contributed by atoms with Crippen LogP contribution in [0.5, 0.6) is 0 Å². The average molecular weight is 295 g/mol. The Bertz CT molecular complexity index is 700. The minimum absolute atomic E-state index is 0.00541. The van der Waals surface area contributed by atoms with E-state index < -0.39 is 10.1 Å². The van der Waals surface area contributed by atoms with Crippen LogP contribution in [0, 0.1) is 0 Å². The van der Waals surface area contributed by atoms with Crippen LogP contribution in [-0.2, 0) is 10.1 Å². The number of nitrogens with zero attached hydrogens (tertiary/aromatic N) is 1. The van der Waals surface area contributed by atoms with Gasteiger partial charge in [-0.2, -0.15) is 8.42 Å². The molecule has 19 heavy (non-hydrogen) atoms. The van der Waals surface area contributed by atoms with Gasteiger partial charge in [0.15, 0.2) is 0 Å². The van der Waals surface area contributed by atoms with Crippen molar-refractivity contribution in [2.75, 3.05) is 0 Å². The van der Waals surface area contributed by atoms with Gasteiger partial charge in [-0.3, -0.25) is 0 Å². The van der Waals surface area contributed by atoms with Crippen LogP contribution in [0.2, 0.25) is 0 Å². The Hall–Kier alpha value is -1.99. The first-order valence-electron chi connectivity index (χ1n) is 5.30. The summed E-state index contributed by atoms with van der Waals surface area (Å²) in [5.41, 5.74) is 5.94. The number of hydrogen-bond acceptors (Lipinski definition) is 4. The molecular formula is C12H11N2O3S2+. The molecule has 0 radical (unpaired) electrons. The molecule has 98 valence electrons. The maximum atomic E-state index is 12.0. The van der Waals surface area contributed by atoms with Crippen LogP contribution < -0.4 is 14.7 Å². The molecule has 2 rings (SSSR count). The van der Waals surface area contributed by atoms with E-state index in [0.717, 1.165) is 4.73 Å². The number of benzene rings is 1. The molecule has 0 unspecified atom stereocenters. The van der Waals surface area contributed by atoms with Gasteiger partial charge in [-0.15, -0.1) is 4.28 Å². The van der Waals surface area contributed by atoms with Crippen molar-refractivity contribution in [3.05, 3.63) is 60.4 Å². The lowest BCUT2D eigenvalue weighted by Crippen LogP contribution is -2.44. The molecule has 5 nitrogen and oxygen atoms in total. The molecule has 0 saturated carbocycles. The van der Waals surface area contributed by atoms with Gasteiger partial charge in [0.1, 0.15) is 9.88 Å². The molecule has 0 fully saturated rings. The highest BCUT2D eigenvalue weighted by Gasteiger charge is 2.22. The van der Waals surface area contributed by atoms with Crippen molar-refractivity contribution in [1.29, 1.82) is 0 Å². The molecule has 2 N–H and O–H groups in total. The predicted octanol–water partition coefficient (Wildman–Crippen LogP) is 0.426. The second kappa shape index (κ2) is 5.33. The minimum atomic E-state index is -3.92. The quantitative estimate of drug-likeness (QED) is 0.654. The van der Waals surface area contributed by atoms with E-state index >= 15 is 0 Å². The van der Waals surface area contributed by atoms with Crippen LogP contribution in [0.3, 0.4) is 0 Å². The highest BCUT2D eigenvalue weighted by Crippen LogP contribution is 2.11. The zero-order chi connectivity index (χ0) is 13.9. The zero-order valence-corrected chi connectivity index (χ0v) is 11.4. The number of hydrogen-bond donors (Lipinski definition) is 1. The summed E-state index contributed by atoms with van der Waals surface area (Å²) >= 11 is 4.81. The fraction of sp³-hybridized carbons (Fsp3) is 0. The molecule has 0 saturated heterocycles. The largest absolute Gasteiger partial charge is 0.396 e. The third kappa shape index (κ3) is 3.27.